The molecule has 5 nitrogen and oxygen atoms in total. The first kappa shape index (κ1) is 22.5. The fourth-order valence-electron chi connectivity index (χ4n) is 2.69. The molecule has 0 fully saturated rings. The molecular weight excluding hydrogens is 408 g/mol. The Balaban J connectivity index is 2.57. The first-order valence-corrected chi connectivity index (χ1v) is 8.10. The first-order valence-electron chi connectivity index (χ1n) is 8.10. The van der Waals surface area contributed by atoms with E-state index in [9.17, 15) is 36.2 Å². The molecule has 158 valence electrons. The highest BCUT2D eigenvalue weighted by Gasteiger charge is 2.71. The van der Waals surface area contributed by atoms with Crippen LogP contribution in [-0.2, 0) is 10.4 Å². The Kier molecular flexibility index (Phi) is 5.84. The fraction of sp³-hybridized carbons (Fsp3) is 0.333. The largest absolute Gasteiger partial charge is 0.478 e. The average molecular weight is 423 g/mol. The van der Waals surface area contributed by atoms with Crippen molar-refractivity contribution >= 4 is 12.0 Å². The van der Waals surface area contributed by atoms with E-state index in [1.165, 1.54) is 13.0 Å². The monoisotopic (exact) mass is 423 g/mol. The highest BCUT2D eigenvalue weighted by Crippen LogP contribution is 2.50. The van der Waals surface area contributed by atoms with E-state index in [0.29, 0.717) is 12.1 Å². The van der Waals surface area contributed by atoms with Gasteiger partial charge in [0, 0.05) is 11.1 Å². The van der Waals surface area contributed by atoms with E-state index in [1.807, 2.05) is 0 Å². The van der Waals surface area contributed by atoms with Gasteiger partial charge >= 0.3 is 18.3 Å². The standard InChI is InChI=1S/C18H15F6NO4/c1-3-10(15(26)27)8-13-14(9(2)29-25-13)11-4-6-12(7-5-11)16(28,17(19,20)21)18(22,23)24/h4-8,28H,3H2,1-2H3,(H,26,27). The van der Waals surface area contributed by atoms with Crippen LogP contribution in [0.4, 0.5) is 26.3 Å². The van der Waals surface area contributed by atoms with Crippen LogP contribution in [0.3, 0.4) is 0 Å². The van der Waals surface area contributed by atoms with Gasteiger partial charge in [0.1, 0.15) is 11.5 Å². The number of hydrogen-bond donors (Lipinski definition) is 2. The number of carboxylic acid groups (broad SMARTS) is 1. The van der Waals surface area contributed by atoms with Gasteiger partial charge in [-0.15, -0.1) is 0 Å². The van der Waals surface area contributed by atoms with Gasteiger partial charge in [-0.2, -0.15) is 26.3 Å². The molecule has 0 radical (unpaired) electrons. The second kappa shape index (κ2) is 7.54. The average Bonchev–Trinajstić information content (AvgIpc) is 2.97. The van der Waals surface area contributed by atoms with Crippen LogP contribution in [0, 0.1) is 6.92 Å². The van der Waals surface area contributed by atoms with Crippen LogP contribution in [0.25, 0.3) is 17.2 Å². The van der Waals surface area contributed by atoms with Gasteiger partial charge in [-0.1, -0.05) is 36.3 Å². The van der Waals surface area contributed by atoms with Crippen LogP contribution >= 0.6 is 0 Å². The third kappa shape index (κ3) is 4.00. The number of alkyl halides is 6. The molecule has 1 heterocycles. The number of carbonyl (C=O) groups is 1. The lowest BCUT2D eigenvalue weighted by molar-refractivity contribution is -0.376. The third-order valence-electron chi connectivity index (χ3n) is 4.27. The minimum absolute atomic E-state index is 0.0281. The van der Waals surface area contributed by atoms with Gasteiger partial charge in [0.25, 0.3) is 5.60 Å². The molecule has 0 spiro atoms. The molecular formula is C18H15F6NO4. The highest BCUT2D eigenvalue weighted by atomic mass is 19.4. The summed E-state index contributed by atoms with van der Waals surface area (Å²) in [7, 11) is 0. The number of aromatic nitrogens is 1. The minimum atomic E-state index is -5.99. The van der Waals surface area contributed by atoms with Crippen molar-refractivity contribution in [3.63, 3.8) is 0 Å². The van der Waals surface area contributed by atoms with Gasteiger partial charge in [0.15, 0.2) is 0 Å². The Morgan fingerprint density at radius 2 is 1.62 bits per heavy atom. The molecule has 2 rings (SSSR count). The molecule has 0 atom stereocenters. The summed E-state index contributed by atoms with van der Waals surface area (Å²) in [5.41, 5.74) is -6.09. The molecule has 0 aliphatic carbocycles. The summed E-state index contributed by atoms with van der Waals surface area (Å²) >= 11 is 0. The predicted molar refractivity (Wildman–Crippen MR) is 88.6 cm³/mol. The van der Waals surface area contributed by atoms with E-state index in [0.717, 1.165) is 12.1 Å². The van der Waals surface area contributed by atoms with E-state index in [4.69, 9.17) is 9.63 Å². The maximum Gasteiger partial charge on any atom is 0.430 e. The second-order valence-corrected chi connectivity index (χ2v) is 6.11. The van der Waals surface area contributed by atoms with Gasteiger partial charge in [-0.3, -0.25) is 0 Å². The smallest absolute Gasteiger partial charge is 0.430 e. The molecule has 0 aliphatic heterocycles. The number of aliphatic carboxylic acids is 1. The van der Waals surface area contributed by atoms with E-state index >= 15 is 0 Å². The zero-order chi connectivity index (χ0) is 22.2. The van der Waals surface area contributed by atoms with E-state index in [2.05, 4.69) is 5.16 Å². The Morgan fingerprint density at radius 3 is 2.03 bits per heavy atom. The lowest BCUT2D eigenvalue weighted by Crippen LogP contribution is -2.53. The van der Waals surface area contributed by atoms with Crippen LogP contribution < -0.4 is 0 Å². The Hall–Kier alpha value is -2.82. The molecule has 0 amide bonds. The number of benzene rings is 1. The summed E-state index contributed by atoms with van der Waals surface area (Å²) in [4.78, 5) is 11.2. The van der Waals surface area contributed by atoms with Crippen LogP contribution in [-0.4, -0.2) is 33.7 Å². The lowest BCUT2D eigenvalue weighted by Gasteiger charge is -2.32. The number of nitrogens with zero attached hydrogens (tertiary/aromatic N) is 1. The van der Waals surface area contributed by atoms with Crippen molar-refractivity contribution in [1.82, 2.24) is 5.16 Å². The summed E-state index contributed by atoms with van der Waals surface area (Å²) in [6.07, 6.45) is -10.6. The minimum Gasteiger partial charge on any atom is -0.478 e. The number of aliphatic hydroxyl groups is 1. The van der Waals surface area contributed by atoms with Gasteiger partial charge in [0.2, 0.25) is 0 Å². The van der Waals surface area contributed by atoms with Crippen molar-refractivity contribution in [2.45, 2.75) is 38.2 Å². The van der Waals surface area contributed by atoms with E-state index in [1.54, 1.807) is 6.92 Å². The Labute approximate surface area is 160 Å². The Bertz CT molecular complexity index is 911. The van der Waals surface area contributed by atoms with Crippen molar-refractivity contribution < 1.29 is 45.9 Å². The maximum atomic E-state index is 13.0. The number of hydrogen-bond acceptors (Lipinski definition) is 4. The van der Waals surface area contributed by atoms with Crippen molar-refractivity contribution in [3.8, 4) is 11.1 Å². The molecule has 11 heteroatoms. The summed E-state index contributed by atoms with van der Waals surface area (Å²) in [6.45, 7) is 3.03. The quantitative estimate of drug-likeness (QED) is 0.531. The number of aryl methyl sites for hydroxylation is 1. The van der Waals surface area contributed by atoms with Crippen molar-refractivity contribution in [1.29, 1.82) is 0 Å². The molecule has 2 N–H and O–H groups in total. The third-order valence-corrected chi connectivity index (χ3v) is 4.27. The molecule has 1 aromatic carbocycles. The topological polar surface area (TPSA) is 83.6 Å². The zero-order valence-corrected chi connectivity index (χ0v) is 15.0. The van der Waals surface area contributed by atoms with Crippen LogP contribution in [0.2, 0.25) is 0 Å². The molecule has 0 saturated carbocycles. The highest BCUT2D eigenvalue weighted by molar-refractivity contribution is 5.93. The van der Waals surface area contributed by atoms with Crippen LogP contribution in [0.5, 0.6) is 0 Å². The molecule has 0 saturated heterocycles. The lowest BCUT2D eigenvalue weighted by atomic mass is 9.90. The summed E-state index contributed by atoms with van der Waals surface area (Å²) in [5.74, 6) is -1.04. The van der Waals surface area contributed by atoms with Crippen LogP contribution in [0.15, 0.2) is 34.4 Å². The summed E-state index contributed by atoms with van der Waals surface area (Å²) < 4.78 is 82.9. The van der Waals surface area contributed by atoms with Crippen LogP contribution in [0.1, 0.15) is 30.4 Å². The first-order chi connectivity index (χ1) is 13.2. The number of rotatable bonds is 5. The normalized spacial score (nSPS) is 13.6. The second-order valence-electron chi connectivity index (χ2n) is 6.11. The molecule has 0 unspecified atom stereocenters. The van der Waals surface area contributed by atoms with Gasteiger partial charge < -0.3 is 14.7 Å². The predicted octanol–water partition coefficient (Wildman–Crippen LogP) is 4.84. The summed E-state index contributed by atoms with van der Waals surface area (Å²) in [6, 6.07) is 2.85. The maximum absolute atomic E-state index is 13.0. The Morgan fingerprint density at radius 1 is 1.10 bits per heavy atom. The van der Waals surface area contributed by atoms with E-state index < -0.39 is 29.5 Å². The van der Waals surface area contributed by atoms with Gasteiger partial charge in [0.05, 0.1) is 5.56 Å². The van der Waals surface area contributed by atoms with Gasteiger partial charge in [-0.25, -0.2) is 4.79 Å². The summed E-state index contributed by atoms with van der Waals surface area (Å²) in [5, 5.41) is 22.2. The van der Waals surface area contributed by atoms with Crippen molar-refractivity contribution in [2.75, 3.05) is 0 Å². The fourth-order valence-corrected chi connectivity index (χ4v) is 2.69. The molecule has 2 aromatic rings. The molecule has 29 heavy (non-hydrogen) atoms. The number of halogens is 6. The zero-order valence-electron chi connectivity index (χ0n) is 15.0. The van der Waals surface area contributed by atoms with Gasteiger partial charge in [-0.05, 0) is 25.0 Å². The number of carboxylic acids is 1. The SMILES string of the molecule is CCC(=Cc1noc(C)c1-c1ccc(C(O)(C(F)(F)F)C(F)(F)F)cc1)C(=O)O. The van der Waals surface area contributed by atoms with E-state index in [-0.39, 0.29) is 34.6 Å². The molecule has 0 bridgehead atoms. The van der Waals surface area contributed by atoms with Crippen molar-refractivity contribution in [2.24, 2.45) is 0 Å². The van der Waals surface area contributed by atoms with Crippen molar-refractivity contribution in [3.05, 3.63) is 46.9 Å². The molecule has 0 aliphatic rings. The molecule has 1 aromatic heterocycles.